The van der Waals surface area contributed by atoms with Gasteiger partial charge < -0.3 is 19.6 Å². The van der Waals surface area contributed by atoms with Crippen LogP contribution in [0.5, 0.6) is 0 Å². The Morgan fingerprint density at radius 1 is 1.06 bits per heavy atom. The van der Waals surface area contributed by atoms with Crippen LogP contribution in [0.25, 0.3) is 22.4 Å². The van der Waals surface area contributed by atoms with Crippen LogP contribution in [0.15, 0.2) is 72.0 Å². The highest BCUT2D eigenvalue weighted by Gasteiger charge is 2.33. The van der Waals surface area contributed by atoms with E-state index < -0.39 is 56.5 Å². The number of nitrogens with zero attached hydrogens (tertiary/aromatic N) is 5. The quantitative estimate of drug-likeness (QED) is 0.135. The average molecular weight is 674 g/mol. The monoisotopic (exact) mass is 673 g/mol. The Balaban J connectivity index is 1.55. The van der Waals surface area contributed by atoms with E-state index in [1.54, 1.807) is 48.7 Å². The number of halogens is 3. The lowest BCUT2D eigenvalue weighted by Crippen LogP contribution is -2.42. The van der Waals surface area contributed by atoms with E-state index in [-0.39, 0.29) is 17.3 Å². The van der Waals surface area contributed by atoms with Crippen LogP contribution in [0.4, 0.5) is 23.7 Å². The number of hydrogen-bond donors (Lipinski definition) is 0. The van der Waals surface area contributed by atoms with Crippen LogP contribution in [0.3, 0.4) is 0 Å². The van der Waals surface area contributed by atoms with Gasteiger partial charge in [-0.15, -0.1) is 0 Å². The first kappa shape index (κ1) is 33.7. The lowest BCUT2D eigenvalue weighted by Gasteiger charge is -2.33. The lowest BCUT2D eigenvalue weighted by molar-refractivity contribution is -0.605. The highest BCUT2D eigenvalue weighted by Crippen LogP contribution is 2.38. The molecular formula is C32H34F3N5O6S. The highest BCUT2D eigenvalue weighted by molar-refractivity contribution is 7.92. The molecule has 1 amide bonds. The molecule has 2 aromatic carbocycles. The molecule has 0 spiro atoms. The molecule has 0 bridgehead atoms. The summed E-state index contributed by atoms with van der Waals surface area (Å²) in [6.45, 7) is 5.46. The van der Waals surface area contributed by atoms with Crippen molar-refractivity contribution >= 4 is 21.8 Å². The minimum atomic E-state index is -4.85. The first-order valence-corrected chi connectivity index (χ1v) is 16.2. The van der Waals surface area contributed by atoms with Crippen molar-refractivity contribution in [1.29, 1.82) is 0 Å². The summed E-state index contributed by atoms with van der Waals surface area (Å²) in [5.41, 5.74) is -0.0674. The Morgan fingerprint density at radius 3 is 2.38 bits per heavy atom. The normalized spacial score (nSPS) is 14.3. The van der Waals surface area contributed by atoms with Gasteiger partial charge in [0.2, 0.25) is 0 Å². The number of piperidine rings is 1. The van der Waals surface area contributed by atoms with E-state index in [1.807, 2.05) is 0 Å². The molecule has 1 saturated heterocycles. The van der Waals surface area contributed by atoms with Crippen molar-refractivity contribution < 1.29 is 40.6 Å². The number of rotatable bonds is 8. The van der Waals surface area contributed by atoms with Crippen LogP contribution in [-0.2, 0) is 19.5 Å². The zero-order chi connectivity index (χ0) is 34.1. The number of benzene rings is 2. The number of hydrogen-bond acceptors (Lipinski definition) is 7. The van der Waals surface area contributed by atoms with Gasteiger partial charge in [-0.3, -0.25) is 4.68 Å². The van der Waals surface area contributed by atoms with Crippen LogP contribution in [0.1, 0.15) is 39.7 Å². The molecule has 1 aliphatic heterocycles. The second-order valence-electron chi connectivity index (χ2n) is 12.0. The third-order valence-electron chi connectivity index (χ3n) is 7.55. The SMILES string of the molecule is COCN(c1cccc(-c2nn(C3CCN(C(=O)OC(C)(C)C)CC3)cc2-c2cc[n+]([O-])cc2)c1F)S(=O)(=O)c1cc(F)ccc1F. The minimum Gasteiger partial charge on any atom is -0.619 e. The van der Waals surface area contributed by atoms with Crippen molar-refractivity contribution in [1.82, 2.24) is 14.7 Å². The Hall–Kier alpha value is -4.63. The third-order valence-corrected chi connectivity index (χ3v) is 9.30. The lowest BCUT2D eigenvalue weighted by atomic mass is 10.0. The van der Waals surface area contributed by atoms with Gasteiger partial charge in [0.1, 0.15) is 34.6 Å². The van der Waals surface area contributed by atoms with E-state index in [1.165, 1.54) is 37.7 Å². The maximum Gasteiger partial charge on any atom is 0.410 e. The number of pyridine rings is 1. The molecule has 15 heteroatoms. The summed E-state index contributed by atoms with van der Waals surface area (Å²) in [5.74, 6) is -3.22. The molecule has 1 fully saturated rings. The van der Waals surface area contributed by atoms with Gasteiger partial charge in [0, 0.05) is 49.7 Å². The summed E-state index contributed by atoms with van der Waals surface area (Å²) in [7, 11) is -3.67. The third kappa shape index (κ3) is 7.20. The van der Waals surface area contributed by atoms with Crippen molar-refractivity contribution in [2.75, 3.05) is 31.2 Å². The van der Waals surface area contributed by atoms with E-state index in [0.29, 0.717) is 58.2 Å². The average Bonchev–Trinajstić information content (AvgIpc) is 3.46. The molecule has 3 heterocycles. The first-order valence-electron chi connectivity index (χ1n) is 14.7. The van der Waals surface area contributed by atoms with E-state index in [0.717, 1.165) is 6.07 Å². The summed E-state index contributed by atoms with van der Waals surface area (Å²) in [5, 5.41) is 16.5. The zero-order valence-corrected chi connectivity index (χ0v) is 27.0. The number of sulfonamides is 1. The smallest absolute Gasteiger partial charge is 0.410 e. The first-order chi connectivity index (χ1) is 22.2. The van der Waals surface area contributed by atoms with Gasteiger partial charge in [0.05, 0.1) is 11.7 Å². The Bertz CT molecular complexity index is 1870. The molecular weight excluding hydrogens is 639 g/mol. The Kier molecular flexibility index (Phi) is 9.50. The van der Waals surface area contributed by atoms with Gasteiger partial charge in [-0.1, -0.05) is 6.07 Å². The second kappa shape index (κ2) is 13.2. The molecule has 0 unspecified atom stereocenters. The largest absolute Gasteiger partial charge is 0.619 e. The Morgan fingerprint density at radius 2 is 1.74 bits per heavy atom. The number of ether oxygens (including phenoxy) is 2. The minimum absolute atomic E-state index is 0.0858. The molecule has 0 radical (unpaired) electrons. The summed E-state index contributed by atoms with van der Waals surface area (Å²) in [6, 6.07) is 8.86. The fraction of sp³-hybridized carbons (Fsp3) is 0.344. The number of methoxy groups -OCH3 is 1. The van der Waals surface area contributed by atoms with E-state index in [4.69, 9.17) is 14.6 Å². The summed E-state index contributed by atoms with van der Waals surface area (Å²) >= 11 is 0. The molecule has 0 aliphatic carbocycles. The molecule has 47 heavy (non-hydrogen) atoms. The fourth-order valence-corrected chi connectivity index (χ4v) is 6.75. The van der Waals surface area contributed by atoms with Crippen LogP contribution in [0, 0.1) is 22.7 Å². The van der Waals surface area contributed by atoms with Crippen LogP contribution < -0.4 is 9.04 Å². The van der Waals surface area contributed by atoms with E-state index in [9.17, 15) is 27.2 Å². The number of aromatic nitrogens is 3. The predicted molar refractivity (Wildman–Crippen MR) is 166 cm³/mol. The van der Waals surface area contributed by atoms with Crippen molar-refractivity contribution in [3.63, 3.8) is 0 Å². The van der Waals surface area contributed by atoms with Crippen LogP contribution >= 0.6 is 0 Å². The second-order valence-corrected chi connectivity index (χ2v) is 13.8. The van der Waals surface area contributed by atoms with Gasteiger partial charge in [-0.2, -0.15) is 9.83 Å². The van der Waals surface area contributed by atoms with Crippen LogP contribution in [-0.4, -0.2) is 61.7 Å². The zero-order valence-electron chi connectivity index (χ0n) is 26.2. The molecule has 0 N–H and O–H groups in total. The number of amides is 1. The molecule has 4 aromatic rings. The number of carbonyl (C=O) groups is 1. The maximum atomic E-state index is 16.6. The van der Waals surface area contributed by atoms with Crippen molar-refractivity contribution in [3.8, 4) is 22.4 Å². The van der Waals surface area contributed by atoms with Crippen molar-refractivity contribution in [2.24, 2.45) is 0 Å². The predicted octanol–water partition coefficient (Wildman–Crippen LogP) is 5.64. The summed E-state index contributed by atoms with van der Waals surface area (Å²) < 4.78 is 85.6. The van der Waals surface area contributed by atoms with Crippen LogP contribution in [0.2, 0.25) is 0 Å². The number of anilines is 1. The molecule has 11 nitrogen and oxygen atoms in total. The molecule has 2 aromatic heterocycles. The standard InChI is InChI=1S/C32H34F3N5O6S/c1-32(2,3)46-31(41)37-14-12-23(13-15-37)39-19-25(21-10-16-38(42)17-11-21)30(36-39)24-6-5-7-27(29(24)35)40(20-45-4)47(43,44)28-18-22(33)8-9-26(28)34/h5-11,16-19,23H,12-15,20H2,1-4H3. The van der Waals surface area contributed by atoms with E-state index >= 15 is 4.39 Å². The van der Waals surface area contributed by atoms with Gasteiger partial charge in [-0.05, 0) is 69.5 Å². The molecule has 250 valence electrons. The Labute approximate surface area is 270 Å². The van der Waals surface area contributed by atoms with Gasteiger partial charge in [0.15, 0.2) is 18.2 Å². The van der Waals surface area contributed by atoms with Crippen molar-refractivity contribution in [3.05, 3.63) is 89.8 Å². The fourth-order valence-electron chi connectivity index (χ4n) is 5.30. The van der Waals surface area contributed by atoms with Gasteiger partial charge in [-0.25, -0.2) is 30.7 Å². The van der Waals surface area contributed by atoms with Gasteiger partial charge >= 0.3 is 6.09 Å². The maximum absolute atomic E-state index is 16.6. The highest BCUT2D eigenvalue weighted by atomic mass is 32.2. The molecule has 5 rings (SSSR count). The number of carbonyl (C=O) groups excluding carboxylic acids is 1. The topological polar surface area (TPSA) is 121 Å². The summed E-state index contributed by atoms with van der Waals surface area (Å²) in [6.07, 6.45) is 4.91. The molecule has 0 saturated carbocycles. The number of likely N-dealkylation sites (tertiary alicyclic amines) is 1. The summed E-state index contributed by atoms with van der Waals surface area (Å²) in [4.78, 5) is 13.2. The molecule has 1 aliphatic rings. The van der Waals surface area contributed by atoms with Crippen molar-refractivity contribution in [2.45, 2.75) is 50.2 Å². The van der Waals surface area contributed by atoms with E-state index in [2.05, 4.69) is 0 Å². The molecule has 0 atom stereocenters. The van der Waals surface area contributed by atoms with Gasteiger partial charge in [0.25, 0.3) is 10.0 Å².